The Morgan fingerprint density at radius 3 is 3.08 bits per heavy atom. The molecule has 2 aromatic rings. The van der Waals surface area contributed by atoms with Gasteiger partial charge in [0.25, 0.3) is 5.88 Å². The van der Waals surface area contributed by atoms with Crippen LogP contribution in [-0.2, 0) is 0 Å². The van der Waals surface area contributed by atoms with Gasteiger partial charge in [0, 0.05) is 18.6 Å². The lowest BCUT2D eigenvalue weighted by Gasteiger charge is -2.01. The third-order valence-electron chi connectivity index (χ3n) is 1.66. The summed E-state index contributed by atoms with van der Waals surface area (Å²) in [6.07, 6.45) is 5.50. The molecule has 4 nitrogen and oxygen atoms in total. The van der Waals surface area contributed by atoms with Crippen molar-refractivity contribution in [3.8, 4) is 5.88 Å². The predicted octanol–water partition coefficient (Wildman–Crippen LogP) is 1.05. The van der Waals surface area contributed by atoms with E-state index < -0.39 is 0 Å². The number of nitrogens with zero attached hydrogens (tertiary/aromatic N) is 3. The molecule has 0 bridgehead atoms. The zero-order valence-corrected chi connectivity index (χ0v) is 6.98. The molecular formula is C8H9N3O. The molecule has 0 saturated carbocycles. The minimum Gasteiger partial charge on any atom is -0.478 e. The molecule has 0 N–H and O–H groups in total. The van der Waals surface area contributed by atoms with Gasteiger partial charge in [0.1, 0.15) is 0 Å². The third kappa shape index (κ3) is 0.922. The molecule has 12 heavy (non-hydrogen) atoms. The number of hydrogen-bond acceptors (Lipinski definition) is 3. The van der Waals surface area contributed by atoms with E-state index in [0.717, 1.165) is 11.3 Å². The third-order valence-corrected chi connectivity index (χ3v) is 1.66. The number of rotatable bonds is 1. The molecule has 2 heterocycles. The summed E-state index contributed by atoms with van der Waals surface area (Å²) in [5.41, 5.74) is 1.67. The minimum atomic E-state index is 0.569. The zero-order chi connectivity index (χ0) is 8.55. The lowest BCUT2D eigenvalue weighted by Crippen LogP contribution is -1.95. The van der Waals surface area contributed by atoms with Gasteiger partial charge in [-0.1, -0.05) is 0 Å². The van der Waals surface area contributed by atoms with Crippen molar-refractivity contribution >= 4 is 5.65 Å². The topological polar surface area (TPSA) is 39.4 Å². The summed E-state index contributed by atoms with van der Waals surface area (Å²) in [6.45, 7) is 1.92. The van der Waals surface area contributed by atoms with Crippen LogP contribution < -0.4 is 4.74 Å². The maximum atomic E-state index is 5.07. The maximum Gasteiger partial charge on any atom is 0.258 e. The van der Waals surface area contributed by atoms with Crippen molar-refractivity contribution in [2.45, 2.75) is 6.92 Å². The second-order valence-corrected chi connectivity index (χ2v) is 2.55. The monoisotopic (exact) mass is 163 g/mol. The van der Waals surface area contributed by atoms with Gasteiger partial charge in [-0.15, -0.1) is 0 Å². The molecule has 0 fully saturated rings. The maximum absolute atomic E-state index is 5.07. The highest BCUT2D eigenvalue weighted by molar-refractivity contribution is 5.49. The van der Waals surface area contributed by atoms with Crippen LogP contribution in [0.25, 0.3) is 5.65 Å². The number of aromatic nitrogens is 3. The van der Waals surface area contributed by atoms with E-state index >= 15 is 0 Å². The van der Waals surface area contributed by atoms with Gasteiger partial charge in [0.2, 0.25) is 0 Å². The average molecular weight is 163 g/mol. The van der Waals surface area contributed by atoms with Crippen molar-refractivity contribution in [2.24, 2.45) is 0 Å². The van der Waals surface area contributed by atoms with Gasteiger partial charge in [-0.3, -0.25) is 0 Å². The number of methoxy groups -OCH3 is 1. The Hall–Kier alpha value is -1.58. The van der Waals surface area contributed by atoms with Gasteiger partial charge in [-0.2, -0.15) is 0 Å². The standard InChI is InChI=1S/C8H9N3O/c1-6-5-11-4-3-9-7(11)8(10-6)12-2/h3-5H,1-2H3. The van der Waals surface area contributed by atoms with Crippen molar-refractivity contribution in [3.63, 3.8) is 0 Å². The highest BCUT2D eigenvalue weighted by atomic mass is 16.5. The highest BCUT2D eigenvalue weighted by Gasteiger charge is 2.03. The van der Waals surface area contributed by atoms with Crippen molar-refractivity contribution in [2.75, 3.05) is 7.11 Å². The van der Waals surface area contributed by atoms with Crippen molar-refractivity contribution in [1.82, 2.24) is 14.4 Å². The molecule has 0 atom stereocenters. The summed E-state index contributed by atoms with van der Waals surface area (Å²) in [6, 6.07) is 0. The van der Waals surface area contributed by atoms with Gasteiger partial charge in [0.15, 0.2) is 5.65 Å². The Kier molecular flexibility index (Phi) is 1.46. The smallest absolute Gasteiger partial charge is 0.258 e. The van der Waals surface area contributed by atoms with E-state index in [2.05, 4.69) is 9.97 Å². The van der Waals surface area contributed by atoms with Crippen LogP contribution in [0.5, 0.6) is 5.88 Å². The predicted molar refractivity (Wildman–Crippen MR) is 44.3 cm³/mol. The number of ether oxygens (including phenoxy) is 1. The van der Waals surface area contributed by atoms with Crippen LogP contribution in [0.1, 0.15) is 5.69 Å². The number of aryl methyl sites for hydroxylation is 1. The summed E-state index contributed by atoms with van der Waals surface area (Å²) in [5.74, 6) is 0.569. The van der Waals surface area contributed by atoms with E-state index in [1.807, 2.05) is 23.7 Å². The Morgan fingerprint density at radius 2 is 2.33 bits per heavy atom. The molecule has 2 rings (SSSR count). The summed E-state index contributed by atoms with van der Waals surface area (Å²) in [5, 5.41) is 0. The van der Waals surface area contributed by atoms with E-state index in [1.165, 1.54) is 0 Å². The van der Waals surface area contributed by atoms with E-state index in [9.17, 15) is 0 Å². The van der Waals surface area contributed by atoms with Gasteiger partial charge in [0.05, 0.1) is 12.8 Å². The number of hydrogen-bond donors (Lipinski definition) is 0. The Balaban J connectivity index is 2.80. The van der Waals surface area contributed by atoms with E-state index in [4.69, 9.17) is 4.74 Å². The second kappa shape index (κ2) is 2.48. The molecule has 2 aromatic heterocycles. The lowest BCUT2D eigenvalue weighted by molar-refractivity contribution is 0.399. The highest BCUT2D eigenvalue weighted by Crippen LogP contribution is 2.14. The molecule has 0 amide bonds. The van der Waals surface area contributed by atoms with E-state index in [0.29, 0.717) is 5.88 Å². The SMILES string of the molecule is COc1nc(C)cn2ccnc12. The quantitative estimate of drug-likeness (QED) is 0.630. The molecule has 4 heteroatoms. The second-order valence-electron chi connectivity index (χ2n) is 2.55. The van der Waals surface area contributed by atoms with Crippen molar-refractivity contribution in [3.05, 3.63) is 24.3 Å². The van der Waals surface area contributed by atoms with E-state index in [1.54, 1.807) is 13.3 Å². The summed E-state index contributed by atoms with van der Waals surface area (Å²) < 4.78 is 6.96. The molecule has 0 aliphatic carbocycles. The molecule has 0 spiro atoms. The summed E-state index contributed by atoms with van der Waals surface area (Å²) in [4.78, 5) is 8.29. The molecule has 0 aliphatic rings. The molecule has 0 saturated heterocycles. The first-order valence-corrected chi connectivity index (χ1v) is 3.65. The fourth-order valence-corrected chi connectivity index (χ4v) is 1.16. The summed E-state index contributed by atoms with van der Waals surface area (Å²) >= 11 is 0. The molecule has 0 aromatic carbocycles. The first kappa shape index (κ1) is 7.09. The Labute approximate surface area is 69.8 Å². The van der Waals surface area contributed by atoms with Gasteiger partial charge >= 0.3 is 0 Å². The van der Waals surface area contributed by atoms with Crippen LogP contribution in [-0.4, -0.2) is 21.5 Å². The van der Waals surface area contributed by atoms with Gasteiger partial charge < -0.3 is 9.14 Å². The molecule has 0 aliphatic heterocycles. The largest absolute Gasteiger partial charge is 0.478 e. The van der Waals surface area contributed by atoms with Crippen molar-refractivity contribution in [1.29, 1.82) is 0 Å². The van der Waals surface area contributed by atoms with Crippen molar-refractivity contribution < 1.29 is 4.74 Å². The Morgan fingerprint density at radius 1 is 1.50 bits per heavy atom. The molecule has 0 radical (unpaired) electrons. The normalized spacial score (nSPS) is 10.5. The van der Waals surface area contributed by atoms with Crippen LogP contribution in [0, 0.1) is 6.92 Å². The lowest BCUT2D eigenvalue weighted by atomic mass is 10.5. The number of imidazole rings is 1. The van der Waals surface area contributed by atoms with Crippen LogP contribution in [0.3, 0.4) is 0 Å². The number of fused-ring (bicyclic) bond motifs is 1. The van der Waals surface area contributed by atoms with Crippen LogP contribution in [0.15, 0.2) is 18.6 Å². The molecule has 62 valence electrons. The zero-order valence-electron chi connectivity index (χ0n) is 6.98. The Bertz CT molecular complexity index is 408. The molecular weight excluding hydrogens is 154 g/mol. The minimum absolute atomic E-state index is 0.569. The van der Waals surface area contributed by atoms with Gasteiger partial charge in [-0.25, -0.2) is 9.97 Å². The first-order chi connectivity index (χ1) is 5.81. The fraction of sp³-hybridized carbons (Fsp3) is 0.250. The van der Waals surface area contributed by atoms with E-state index in [-0.39, 0.29) is 0 Å². The molecule has 0 unspecified atom stereocenters. The average Bonchev–Trinajstić information content (AvgIpc) is 2.50. The van der Waals surface area contributed by atoms with Crippen LogP contribution in [0.4, 0.5) is 0 Å². The first-order valence-electron chi connectivity index (χ1n) is 3.65. The summed E-state index contributed by atoms with van der Waals surface area (Å²) in [7, 11) is 1.59. The van der Waals surface area contributed by atoms with Crippen LogP contribution in [0.2, 0.25) is 0 Å². The fourth-order valence-electron chi connectivity index (χ4n) is 1.16. The van der Waals surface area contributed by atoms with Crippen LogP contribution >= 0.6 is 0 Å². The van der Waals surface area contributed by atoms with Gasteiger partial charge in [-0.05, 0) is 6.92 Å².